The zero-order valence-electron chi connectivity index (χ0n) is 7.48. The van der Waals surface area contributed by atoms with Crippen LogP contribution in [0.2, 0.25) is 0 Å². The summed E-state index contributed by atoms with van der Waals surface area (Å²) in [6.07, 6.45) is 4.77. The van der Waals surface area contributed by atoms with E-state index in [2.05, 4.69) is 6.92 Å². The van der Waals surface area contributed by atoms with Crippen LogP contribution in [0.15, 0.2) is 12.1 Å². The van der Waals surface area contributed by atoms with Crippen LogP contribution in [0.25, 0.3) is 0 Å². The SMILES string of the molecule is CCCCC[C@H](O)/C=C/B(O)O. The molecule has 0 heterocycles. The molecule has 0 radical (unpaired) electrons. The van der Waals surface area contributed by atoms with Crippen LogP contribution < -0.4 is 0 Å². The van der Waals surface area contributed by atoms with Crippen LogP contribution >= 0.6 is 0 Å². The molecule has 0 aromatic heterocycles. The van der Waals surface area contributed by atoms with Gasteiger partial charge in [-0.05, 0) is 6.42 Å². The first-order valence-corrected chi connectivity index (χ1v) is 4.39. The average Bonchev–Trinajstić information content (AvgIpc) is 2.01. The fourth-order valence-corrected chi connectivity index (χ4v) is 0.927. The fourth-order valence-electron chi connectivity index (χ4n) is 0.927. The molecule has 0 amide bonds. The number of aliphatic hydroxyl groups is 1. The van der Waals surface area contributed by atoms with Crippen molar-refractivity contribution in [1.82, 2.24) is 0 Å². The Morgan fingerprint density at radius 1 is 1.33 bits per heavy atom. The molecule has 0 aromatic carbocycles. The highest BCUT2D eigenvalue weighted by molar-refractivity contribution is 6.47. The van der Waals surface area contributed by atoms with Gasteiger partial charge in [0.1, 0.15) is 0 Å². The molecule has 0 aromatic rings. The highest BCUT2D eigenvalue weighted by atomic mass is 16.4. The van der Waals surface area contributed by atoms with Crippen molar-refractivity contribution in [1.29, 1.82) is 0 Å². The predicted molar refractivity (Wildman–Crippen MR) is 49.5 cm³/mol. The second-order valence-electron chi connectivity index (χ2n) is 2.86. The molecule has 0 fully saturated rings. The van der Waals surface area contributed by atoms with Gasteiger partial charge < -0.3 is 15.2 Å². The van der Waals surface area contributed by atoms with Gasteiger partial charge in [-0.3, -0.25) is 0 Å². The first-order valence-electron chi connectivity index (χ1n) is 4.39. The molecule has 0 rings (SSSR count). The van der Waals surface area contributed by atoms with E-state index in [1.807, 2.05) is 0 Å². The Hall–Kier alpha value is -0.315. The Balaban J connectivity index is 3.38. The second-order valence-corrected chi connectivity index (χ2v) is 2.86. The summed E-state index contributed by atoms with van der Waals surface area (Å²) in [5, 5.41) is 26.1. The Labute approximate surface area is 73.9 Å². The van der Waals surface area contributed by atoms with Crippen molar-refractivity contribution in [2.45, 2.75) is 38.7 Å². The quantitative estimate of drug-likeness (QED) is 0.403. The van der Waals surface area contributed by atoms with Gasteiger partial charge in [0.15, 0.2) is 0 Å². The van der Waals surface area contributed by atoms with Crippen molar-refractivity contribution in [3.05, 3.63) is 12.1 Å². The monoisotopic (exact) mass is 172 g/mol. The molecule has 4 heteroatoms. The minimum Gasteiger partial charge on any atom is -0.424 e. The van der Waals surface area contributed by atoms with E-state index < -0.39 is 13.2 Å². The minimum atomic E-state index is -1.45. The smallest absolute Gasteiger partial charge is 0.424 e. The van der Waals surface area contributed by atoms with Crippen molar-refractivity contribution in [3.8, 4) is 0 Å². The summed E-state index contributed by atoms with van der Waals surface area (Å²) in [6.45, 7) is 2.10. The molecule has 70 valence electrons. The molecule has 1 atom stereocenters. The summed E-state index contributed by atoms with van der Waals surface area (Å²) in [4.78, 5) is 0. The summed E-state index contributed by atoms with van der Waals surface area (Å²) in [5.41, 5.74) is 0. The molecule has 3 nitrogen and oxygen atoms in total. The molecule has 0 saturated carbocycles. The van der Waals surface area contributed by atoms with Crippen LogP contribution in [-0.4, -0.2) is 28.4 Å². The molecule has 0 aliphatic carbocycles. The third-order valence-electron chi connectivity index (χ3n) is 1.61. The van der Waals surface area contributed by atoms with E-state index in [1.54, 1.807) is 0 Å². The highest BCUT2D eigenvalue weighted by Crippen LogP contribution is 2.03. The van der Waals surface area contributed by atoms with Crippen molar-refractivity contribution in [2.75, 3.05) is 0 Å². The molecule has 0 spiro atoms. The van der Waals surface area contributed by atoms with Crippen LogP contribution in [0.5, 0.6) is 0 Å². The fraction of sp³-hybridized carbons (Fsp3) is 0.750. The maximum absolute atomic E-state index is 9.22. The Morgan fingerprint density at radius 3 is 2.50 bits per heavy atom. The van der Waals surface area contributed by atoms with Gasteiger partial charge in [-0.1, -0.05) is 38.2 Å². The van der Waals surface area contributed by atoms with Gasteiger partial charge >= 0.3 is 7.12 Å². The van der Waals surface area contributed by atoms with Crippen LogP contribution in [0, 0.1) is 0 Å². The van der Waals surface area contributed by atoms with Gasteiger partial charge in [0.05, 0.1) is 6.10 Å². The maximum atomic E-state index is 9.22. The summed E-state index contributed by atoms with van der Waals surface area (Å²) in [6, 6.07) is 0. The van der Waals surface area contributed by atoms with E-state index in [-0.39, 0.29) is 0 Å². The van der Waals surface area contributed by atoms with E-state index in [9.17, 15) is 5.11 Å². The number of hydrogen-bond acceptors (Lipinski definition) is 3. The third kappa shape index (κ3) is 7.79. The van der Waals surface area contributed by atoms with Gasteiger partial charge in [0, 0.05) is 0 Å². The minimum absolute atomic E-state index is 0.543. The van der Waals surface area contributed by atoms with Gasteiger partial charge in [-0.25, -0.2) is 0 Å². The van der Waals surface area contributed by atoms with Crippen LogP contribution in [-0.2, 0) is 0 Å². The first kappa shape index (κ1) is 11.7. The van der Waals surface area contributed by atoms with Crippen molar-refractivity contribution >= 4 is 7.12 Å². The molecular weight excluding hydrogens is 155 g/mol. The van der Waals surface area contributed by atoms with Gasteiger partial charge in [-0.15, -0.1) is 0 Å². The van der Waals surface area contributed by atoms with E-state index in [0.717, 1.165) is 19.3 Å². The molecule has 3 N–H and O–H groups in total. The van der Waals surface area contributed by atoms with E-state index in [0.29, 0.717) is 6.42 Å². The lowest BCUT2D eigenvalue weighted by Crippen LogP contribution is -2.09. The molecule has 0 unspecified atom stereocenters. The zero-order chi connectivity index (χ0) is 9.40. The Bertz CT molecular complexity index is 125. The van der Waals surface area contributed by atoms with Crippen molar-refractivity contribution < 1.29 is 15.2 Å². The Kier molecular flexibility index (Phi) is 7.15. The molecule has 0 bridgehead atoms. The third-order valence-corrected chi connectivity index (χ3v) is 1.61. The maximum Gasteiger partial charge on any atom is 0.480 e. The molecule has 0 aliphatic rings. The molecule has 0 aliphatic heterocycles. The van der Waals surface area contributed by atoms with Crippen molar-refractivity contribution in [3.63, 3.8) is 0 Å². The lowest BCUT2D eigenvalue weighted by atomic mass is 9.90. The zero-order valence-corrected chi connectivity index (χ0v) is 7.48. The number of rotatable bonds is 6. The number of hydrogen-bond donors (Lipinski definition) is 3. The first-order chi connectivity index (χ1) is 5.66. The Morgan fingerprint density at radius 2 is 2.00 bits per heavy atom. The standard InChI is InChI=1S/C8H17BO3/c1-2-3-4-5-8(10)6-7-9(11)12/h6-8,10-12H,2-5H2,1H3/b7-6+/t8-/m0/s1. The van der Waals surface area contributed by atoms with E-state index >= 15 is 0 Å². The lowest BCUT2D eigenvalue weighted by Gasteiger charge is -2.03. The molecule has 12 heavy (non-hydrogen) atoms. The summed E-state index contributed by atoms with van der Waals surface area (Å²) < 4.78 is 0. The number of unbranched alkanes of at least 4 members (excludes halogenated alkanes) is 2. The van der Waals surface area contributed by atoms with Gasteiger partial charge in [0.25, 0.3) is 0 Å². The highest BCUT2D eigenvalue weighted by Gasteiger charge is 2.02. The van der Waals surface area contributed by atoms with Gasteiger partial charge in [0.2, 0.25) is 0 Å². The molecular formula is C8H17BO3. The summed E-state index contributed by atoms with van der Waals surface area (Å²) >= 11 is 0. The van der Waals surface area contributed by atoms with Crippen LogP contribution in [0.3, 0.4) is 0 Å². The summed E-state index contributed by atoms with van der Waals surface area (Å²) in [7, 11) is -1.45. The second kappa shape index (κ2) is 7.34. The van der Waals surface area contributed by atoms with Crippen LogP contribution in [0.1, 0.15) is 32.6 Å². The molecule has 0 saturated heterocycles. The topological polar surface area (TPSA) is 60.7 Å². The number of aliphatic hydroxyl groups excluding tert-OH is 1. The largest absolute Gasteiger partial charge is 0.480 e. The van der Waals surface area contributed by atoms with Crippen molar-refractivity contribution in [2.24, 2.45) is 0 Å². The predicted octanol–water partition coefficient (Wildman–Crippen LogP) is 0.496. The lowest BCUT2D eigenvalue weighted by molar-refractivity contribution is 0.208. The van der Waals surface area contributed by atoms with E-state index in [4.69, 9.17) is 10.0 Å². The van der Waals surface area contributed by atoms with Crippen LogP contribution in [0.4, 0.5) is 0 Å². The van der Waals surface area contributed by atoms with E-state index in [1.165, 1.54) is 12.1 Å². The van der Waals surface area contributed by atoms with Gasteiger partial charge in [-0.2, -0.15) is 0 Å². The average molecular weight is 172 g/mol. The summed E-state index contributed by atoms with van der Waals surface area (Å²) in [5.74, 6) is 1.18. The normalized spacial score (nSPS) is 13.7.